The summed E-state index contributed by atoms with van der Waals surface area (Å²) in [5.41, 5.74) is 0. The number of hydrogen-bond donors (Lipinski definition) is 0. The van der Waals surface area contributed by atoms with E-state index in [-0.39, 0.29) is 0 Å². The first-order valence-electron chi connectivity index (χ1n) is 2.00. The average Bonchev–Trinajstić information content (AvgIpc) is 2.10. The van der Waals surface area contributed by atoms with E-state index in [1.807, 2.05) is 6.07 Å². The Morgan fingerprint density at radius 3 is 1.75 bits per heavy atom. The van der Waals surface area contributed by atoms with Gasteiger partial charge in [-0.3, -0.25) is 0 Å². The zero-order valence-corrected chi connectivity index (χ0v) is 6.06. The number of nitriles is 1. The van der Waals surface area contributed by atoms with Gasteiger partial charge in [0, 0.05) is 6.42 Å². The van der Waals surface area contributed by atoms with E-state index in [9.17, 15) is 0 Å². The maximum absolute atomic E-state index is 8.25. The lowest BCUT2D eigenvalue weighted by atomic mass is 10.5. The minimum Gasteiger partial charge on any atom is -0.196 e. The van der Waals surface area contributed by atoms with Crippen LogP contribution in [0.4, 0.5) is 0 Å². The molecule has 0 spiro atoms. The van der Waals surface area contributed by atoms with Crippen LogP contribution in [0.15, 0.2) is 0 Å². The molecule has 4 heteroatoms. The maximum atomic E-state index is 8.25. The Bertz CT molecular complexity index is 159. The van der Waals surface area contributed by atoms with E-state index in [0.29, 0.717) is 6.42 Å². The fourth-order valence-corrected chi connectivity index (χ4v) is 1.21. The first kappa shape index (κ1) is 6.48. The van der Waals surface area contributed by atoms with Crippen molar-refractivity contribution in [2.75, 3.05) is 0 Å². The van der Waals surface area contributed by atoms with Crippen LogP contribution >= 0.6 is 34.8 Å². The molecule has 1 atom stereocenters. The largest absolute Gasteiger partial charge is 0.196 e. The van der Waals surface area contributed by atoms with E-state index in [2.05, 4.69) is 0 Å². The van der Waals surface area contributed by atoms with Crippen LogP contribution in [-0.2, 0) is 0 Å². The van der Waals surface area contributed by atoms with Gasteiger partial charge in [-0.2, -0.15) is 5.26 Å². The highest BCUT2D eigenvalue weighted by Crippen LogP contribution is 2.60. The fraction of sp³-hybridized carbons (Fsp3) is 0.750. The third-order valence-corrected chi connectivity index (χ3v) is 2.74. The second-order valence-electron chi connectivity index (χ2n) is 1.79. The molecule has 0 bridgehead atoms. The van der Waals surface area contributed by atoms with Crippen molar-refractivity contribution in [2.45, 2.75) is 15.6 Å². The third kappa shape index (κ3) is 0.683. The van der Waals surface area contributed by atoms with Gasteiger partial charge in [-0.1, -0.05) is 34.8 Å². The minimum absolute atomic E-state index is 0.362. The number of rotatable bonds is 0. The van der Waals surface area contributed by atoms with Crippen molar-refractivity contribution in [3.05, 3.63) is 0 Å². The number of nitrogens with zero attached hydrogens (tertiary/aromatic N) is 1. The van der Waals surface area contributed by atoms with Gasteiger partial charge in [-0.25, -0.2) is 0 Å². The highest BCUT2D eigenvalue weighted by molar-refractivity contribution is 6.58. The quantitative estimate of drug-likeness (QED) is 0.511. The Kier molecular flexibility index (Phi) is 1.17. The van der Waals surface area contributed by atoms with Gasteiger partial charge >= 0.3 is 0 Å². The van der Waals surface area contributed by atoms with Crippen LogP contribution in [-0.4, -0.2) is 9.21 Å². The van der Waals surface area contributed by atoms with Gasteiger partial charge in [0.2, 0.25) is 0 Å². The Hall–Kier alpha value is 0.360. The van der Waals surface area contributed by atoms with E-state index in [0.717, 1.165) is 0 Å². The van der Waals surface area contributed by atoms with Gasteiger partial charge in [0.15, 0.2) is 9.21 Å². The van der Waals surface area contributed by atoms with Crippen LogP contribution < -0.4 is 0 Å². The standard InChI is InChI=1S/C4H2Cl3N/c5-3(2-8)1-4(3,6)7/h1H2. The van der Waals surface area contributed by atoms with Crippen molar-refractivity contribution in [1.29, 1.82) is 5.26 Å². The molecule has 0 amide bonds. The Morgan fingerprint density at radius 1 is 1.38 bits per heavy atom. The molecule has 1 fully saturated rings. The molecule has 0 aliphatic heterocycles. The topological polar surface area (TPSA) is 23.8 Å². The zero-order valence-electron chi connectivity index (χ0n) is 3.79. The SMILES string of the molecule is N#CC1(Cl)CC1(Cl)Cl. The summed E-state index contributed by atoms with van der Waals surface area (Å²) in [6.07, 6.45) is 0.362. The van der Waals surface area contributed by atoms with Gasteiger partial charge in [0.05, 0.1) is 6.07 Å². The molecule has 0 N–H and O–H groups in total. The number of hydrogen-bond acceptors (Lipinski definition) is 1. The lowest BCUT2D eigenvalue weighted by Crippen LogP contribution is -2.03. The monoisotopic (exact) mass is 169 g/mol. The smallest absolute Gasteiger partial charge is 0.166 e. The summed E-state index contributed by atoms with van der Waals surface area (Å²) >= 11 is 16.4. The van der Waals surface area contributed by atoms with Crippen LogP contribution in [0, 0.1) is 11.3 Å². The molecule has 1 saturated carbocycles. The maximum Gasteiger partial charge on any atom is 0.166 e. The molecule has 0 saturated heterocycles. The van der Waals surface area contributed by atoms with Crippen molar-refractivity contribution in [3.8, 4) is 6.07 Å². The summed E-state index contributed by atoms with van der Waals surface area (Å²) in [6.45, 7) is 0. The predicted octanol–water partition coefficient (Wildman–Crippen LogP) is 2.07. The molecule has 1 aliphatic carbocycles. The molecule has 1 rings (SSSR count). The van der Waals surface area contributed by atoms with E-state index in [1.165, 1.54) is 0 Å². The molecular weight excluding hydrogens is 168 g/mol. The van der Waals surface area contributed by atoms with Crippen LogP contribution in [0.3, 0.4) is 0 Å². The molecule has 1 nitrogen and oxygen atoms in total. The summed E-state index contributed by atoms with van der Waals surface area (Å²) < 4.78 is -0.997. The van der Waals surface area contributed by atoms with E-state index < -0.39 is 9.21 Å². The third-order valence-electron chi connectivity index (χ3n) is 1.10. The van der Waals surface area contributed by atoms with Gasteiger partial charge in [-0.15, -0.1) is 0 Å². The molecule has 0 aromatic rings. The minimum atomic E-state index is -1.00. The molecule has 0 aromatic heterocycles. The summed E-state index contributed by atoms with van der Waals surface area (Å²) in [4.78, 5) is -1.00. The van der Waals surface area contributed by atoms with Crippen LogP contribution in [0.1, 0.15) is 6.42 Å². The second-order valence-corrected chi connectivity index (χ2v) is 3.92. The van der Waals surface area contributed by atoms with Crippen molar-refractivity contribution in [2.24, 2.45) is 0 Å². The summed E-state index contributed by atoms with van der Waals surface area (Å²) in [6, 6.07) is 1.81. The fourth-order valence-electron chi connectivity index (χ4n) is 0.383. The van der Waals surface area contributed by atoms with Crippen LogP contribution in [0.5, 0.6) is 0 Å². The molecule has 1 unspecified atom stereocenters. The second kappa shape index (κ2) is 1.44. The summed E-state index contributed by atoms with van der Waals surface area (Å²) in [5, 5.41) is 8.25. The van der Waals surface area contributed by atoms with Crippen molar-refractivity contribution in [3.63, 3.8) is 0 Å². The first-order valence-corrected chi connectivity index (χ1v) is 3.13. The molecule has 44 valence electrons. The van der Waals surface area contributed by atoms with Gasteiger partial charge < -0.3 is 0 Å². The van der Waals surface area contributed by atoms with E-state index in [4.69, 9.17) is 40.1 Å². The molecule has 8 heavy (non-hydrogen) atoms. The number of alkyl halides is 3. The molecule has 1 aliphatic rings. The number of halogens is 3. The zero-order chi connectivity index (χ0) is 6.41. The van der Waals surface area contributed by atoms with Crippen LogP contribution in [0.2, 0.25) is 0 Å². The highest BCUT2D eigenvalue weighted by Gasteiger charge is 2.67. The lowest BCUT2D eigenvalue weighted by molar-refractivity contribution is 1.15. The van der Waals surface area contributed by atoms with E-state index >= 15 is 0 Å². The predicted molar refractivity (Wildman–Crippen MR) is 33.3 cm³/mol. The first-order chi connectivity index (χ1) is 3.52. The van der Waals surface area contributed by atoms with Gasteiger partial charge in [0.1, 0.15) is 0 Å². The molecule has 0 heterocycles. The van der Waals surface area contributed by atoms with Crippen molar-refractivity contribution < 1.29 is 0 Å². The molecular formula is C4H2Cl3N. The summed E-state index contributed by atoms with van der Waals surface area (Å²) in [5.74, 6) is 0. The Labute approximate surface area is 62.1 Å². The molecule has 0 radical (unpaired) electrons. The molecule has 0 aromatic carbocycles. The lowest BCUT2D eigenvalue weighted by Gasteiger charge is -1.93. The van der Waals surface area contributed by atoms with Crippen molar-refractivity contribution >= 4 is 34.8 Å². The Morgan fingerprint density at radius 2 is 1.75 bits per heavy atom. The van der Waals surface area contributed by atoms with Crippen LogP contribution in [0.25, 0.3) is 0 Å². The Balaban J connectivity index is 2.72. The van der Waals surface area contributed by atoms with E-state index in [1.54, 1.807) is 0 Å². The van der Waals surface area contributed by atoms with Gasteiger partial charge in [-0.05, 0) is 0 Å². The summed E-state index contributed by atoms with van der Waals surface area (Å²) in [7, 11) is 0. The average molecular weight is 170 g/mol. The normalized spacial score (nSPS) is 40.8. The van der Waals surface area contributed by atoms with Gasteiger partial charge in [0.25, 0.3) is 0 Å². The van der Waals surface area contributed by atoms with Crippen molar-refractivity contribution in [1.82, 2.24) is 0 Å². The highest BCUT2D eigenvalue weighted by atomic mass is 35.5.